The first-order valence-corrected chi connectivity index (χ1v) is 8.07. The van der Waals surface area contributed by atoms with Crippen molar-refractivity contribution in [1.29, 1.82) is 0 Å². The van der Waals surface area contributed by atoms with Crippen LogP contribution in [0.4, 0.5) is 5.82 Å². The highest BCUT2D eigenvalue weighted by Crippen LogP contribution is 2.41. The number of hydrogen-bond acceptors (Lipinski definition) is 4. The zero-order chi connectivity index (χ0) is 14.9. The van der Waals surface area contributed by atoms with Crippen LogP contribution in [0.25, 0.3) is 11.3 Å². The predicted molar refractivity (Wildman–Crippen MR) is 89.4 cm³/mol. The largest absolute Gasteiger partial charge is 0.384 e. The van der Waals surface area contributed by atoms with Crippen molar-refractivity contribution in [1.82, 2.24) is 15.6 Å². The van der Waals surface area contributed by atoms with Crippen molar-refractivity contribution in [3.8, 4) is 11.3 Å². The minimum Gasteiger partial charge on any atom is -0.384 e. The Morgan fingerprint density at radius 3 is 2.59 bits per heavy atom. The minimum atomic E-state index is 0.565. The SMILES string of the molecule is Nc1cccc(-c2ccc(CCNC3C4CNCC43)cc2)n1. The van der Waals surface area contributed by atoms with Crippen molar-refractivity contribution in [3.63, 3.8) is 0 Å². The van der Waals surface area contributed by atoms with Gasteiger partial charge in [-0.15, -0.1) is 0 Å². The first-order valence-electron chi connectivity index (χ1n) is 8.07. The average molecular weight is 294 g/mol. The molecule has 1 saturated carbocycles. The number of benzene rings is 1. The summed E-state index contributed by atoms with van der Waals surface area (Å²) in [7, 11) is 0. The molecule has 4 heteroatoms. The lowest BCUT2D eigenvalue weighted by molar-refractivity contribution is 0.568. The third-order valence-corrected chi connectivity index (χ3v) is 4.91. The molecule has 22 heavy (non-hydrogen) atoms. The molecule has 4 rings (SSSR count). The highest BCUT2D eigenvalue weighted by Gasteiger charge is 2.52. The Morgan fingerprint density at radius 1 is 1.09 bits per heavy atom. The quantitative estimate of drug-likeness (QED) is 0.785. The zero-order valence-electron chi connectivity index (χ0n) is 12.6. The van der Waals surface area contributed by atoms with E-state index in [4.69, 9.17) is 5.73 Å². The van der Waals surface area contributed by atoms with Gasteiger partial charge in [0.1, 0.15) is 5.82 Å². The number of aromatic nitrogens is 1. The van der Waals surface area contributed by atoms with Crippen LogP contribution in [-0.2, 0) is 6.42 Å². The molecule has 0 bridgehead atoms. The second kappa shape index (κ2) is 5.71. The van der Waals surface area contributed by atoms with Gasteiger partial charge in [-0.25, -0.2) is 4.98 Å². The van der Waals surface area contributed by atoms with E-state index in [1.807, 2.05) is 18.2 Å². The Kier molecular flexibility index (Phi) is 3.56. The first-order chi connectivity index (χ1) is 10.8. The van der Waals surface area contributed by atoms with E-state index in [0.717, 1.165) is 42.1 Å². The molecule has 2 unspecified atom stereocenters. The van der Waals surface area contributed by atoms with Crippen molar-refractivity contribution in [2.45, 2.75) is 12.5 Å². The molecular weight excluding hydrogens is 272 g/mol. The molecule has 114 valence electrons. The molecule has 2 atom stereocenters. The van der Waals surface area contributed by atoms with E-state index in [1.165, 1.54) is 18.7 Å². The molecule has 1 saturated heterocycles. The standard InChI is InChI=1S/C18H22N4/c19-17-3-1-2-16(22-17)13-6-4-12(5-7-13)8-9-21-18-14-10-20-11-15(14)18/h1-7,14-15,18,20-21H,8-11H2,(H2,19,22). The summed E-state index contributed by atoms with van der Waals surface area (Å²) in [6, 6.07) is 15.2. The molecule has 1 aliphatic heterocycles. The van der Waals surface area contributed by atoms with Gasteiger partial charge in [0.25, 0.3) is 0 Å². The van der Waals surface area contributed by atoms with Crippen LogP contribution in [0.3, 0.4) is 0 Å². The lowest BCUT2D eigenvalue weighted by Gasteiger charge is -2.08. The molecule has 2 heterocycles. The predicted octanol–water partition coefficient (Wildman–Crippen LogP) is 1.68. The van der Waals surface area contributed by atoms with Gasteiger partial charge >= 0.3 is 0 Å². The maximum absolute atomic E-state index is 5.74. The lowest BCUT2D eigenvalue weighted by Crippen LogP contribution is -2.28. The fourth-order valence-corrected chi connectivity index (χ4v) is 3.56. The molecule has 1 aromatic heterocycles. The number of anilines is 1. The summed E-state index contributed by atoms with van der Waals surface area (Å²) < 4.78 is 0. The third kappa shape index (κ3) is 2.72. The fourth-order valence-electron chi connectivity index (χ4n) is 3.56. The monoisotopic (exact) mass is 294 g/mol. The number of pyridine rings is 1. The van der Waals surface area contributed by atoms with Gasteiger partial charge in [0.15, 0.2) is 0 Å². The maximum Gasteiger partial charge on any atom is 0.124 e. The second-order valence-electron chi connectivity index (χ2n) is 6.36. The molecule has 0 radical (unpaired) electrons. The van der Waals surface area contributed by atoms with E-state index >= 15 is 0 Å². The molecule has 2 fully saturated rings. The van der Waals surface area contributed by atoms with Gasteiger partial charge in [-0.2, -0.15) is 0 Å². The summed E-state index contributed by atoms with van der Waals surface area (Å²) in [6.45, 7) is 3.46. The summed E-state index contributed by atoms with van der Waals surface area (Å²) in [5, 5.41) is 7.12. The normalized spacial score (nSPS) is 25.9. The van der Waals surface area contributed by atoms with E-state index in [1.54, 1.807) is 0 Å². The fraction of sp³-hybridized carbons (Fsp3) is 0.389. The van der Waals surface area contributed by atoms with Crippen LogP contribution in [0.1, 0.15) is 5.56 Å². The molecular formula is C18H22N4. The Balaban J connectivity index is 1.32. The highest BCUT2D eigenvalue weighted by molar-refractivity contribution is 5.61. The van der Waals surface area contributed by atoms with Crippen LogP contribution in [0.2, 0.25) is 0 Å². The van der Waals surface area contributed by atoms with Crippen LogP contribution < -0.4 is 16.4 Å². The summed E-state index contributed by atoms with van der Waals surface area (Å²) in [5.74, 6) is 2.34. The topological polar surface area (TPSA) is 63.0 Å². The number of piperidine rings is 1. The Bertz CT molecular complexity index is 642. The van der Waals surface area contributed by atoms with Crippen LogP contribution in [0.15, 0.2) is 42.5 Å². The number of nitrogen functional groups attached to an aromatic ring is 1. The summed E-state index contributed by atoms with van der Waals surface area (Å²) in [5.41, 5.74) is 9.16. The number of nitrogens with one attached hydrogen (secondary N) is 2. The molecule has 1 aliphatic carbocycles. The molecule has 0 amide bonds. The molecule has 4 nitrogen and oxygen atoms in total. The maximum atomic E-state index is 5.74. The van der Waals surface area contributed by atoms with Crippen molar-refractivity contribution in [2.75, 3.05) is 25.4 Å². The van der Waals surface area contributed by atoms with Crippen LogP contribution in [0.5, 0.6) is 0 Å². The van der Waals surface area contributed by atoms with Crippen LogP contribution in [0, 0.1) is 11.8 Å². The third-order valence-electron chi connectivity index (χ3n) is 4.91. The average Bonchev–Trinajstić information content (AvgIpc) is 2.97. The van der Waals surface area contributed by atoms with E-state index in [2.05, 4.69) is 39.9 Å². The number of nitrogens with two attached hydrogens (primary N) is 1. The number of nitrogens with zero attached hydrogens (tertiary/aromatic N) is 1. The molecule has 2 aliphatic rings. The van der Waals surface area contributed by atoms with Crippen molar-refractivity contribution in [2.24, 2.45) is 11.8 Å². The van der Waals surface area contributed by atoms with Crippen molar-refractivity contribution < 1.29 is 0 Å². The van der Waals surface area contributed by atoms with Gasteiger partial charge in [0.2, 0.25) is 0 Å². The summed E-state index contributed by atoms with van der Waals surface area (Å²) in [6.07, 6.45) is 1.08. The van der Waals surface area contributed by atoms with Gasteiger partial charge < -0.3 is 16.4 Å². The first kappa shape index (κ1) is 13.7. The number of hydrogen-bond donors (Lipinski definition) is 3. The van der Waals surface area contributed by atoms with Gasteiger partial charge in [0.05, 0.1) is 5.69 Å². The summed E-state index contributed by atoms with van der Waals surface area (Å²) >= 11 is 0. The molecule has 0 spiro atoms. The van der Waals surface area contributed by atoms with E-state index in [-0.39, 0.29) is 0 Å². The van der Waals surface area contributed by atoms with E-state index in [9.17, 15) is 0 Å². The minimum absolute atomic E-state index is 0.565. The van der Waals surface area contributed by atoms with Crippen molar-refractivity contribution >= 4 is 5.82 Å². The van der Waals surface area contributed by atoms with E-state index in [0.29, 0.717) is 5.82 Å². The Morgan fingerprint density at radius 2 is 1.86 bits per heavy atom. The smallest absolute Gasteiger partial charge is 0.124 e. The van der Waals surface area contributed by atoms with Crippen LogP contribution in [-0.4, -0.2) is 30.7 Å². The second-order valence-corrected chi connectivity index (χ2v) is 6.36. The molecule has 1 aromatic carbocycles. The molecule has 2 aromatic rings. The lowest BCUT2D eigenvalue weighted by atomic mass is 10.1. The molecule has 4 N–H and O–H groups in total. The van der Waals surface area contributed by atoms with Gasteiger partial charge in [-0.05, 0) is 55.6 Å². The summed E-state index contributed by atoms with van der Waals surface area (Å²) in [4.78, 5) is 4.36. The number of fused-ring (bicyclic) bond motifs is 1. The highest BCUT2D eigenvalue weighted by atomic mass is 15.1. The van der Waals surface area contributed by atoms with Gasteiger partial charge in [-0.3, -0.25) is 0 Å². The zero-order valence-corrected chi connectivity index (χ0v) is 12.6. The van der Waals surface area contributed by atoms with Gasteiger partial charge in [-0.1, -0.05) is 30.3 Å². The van der Waals surface area contributed by atoms with Gasteiger partial charge in [0, 0.05) is 11.6 Å². The van der Waals surface area contributed by atoms with Crippen molar-refractivity contribution in [3.05, 3.63) is 48.0 Å². The Hall–Kier alpha value is -1.91. The number of rotatable bonds is 5. The van der Waals surface area contributed by atoms with E-state index < -0.39 is 0 Å². The Labute approximate surface area is 131 Å². The van der Waals surface area contributed by atoms with Crippen LogP contribution >= 0.6 is 0 Å².